The molecule has 1 aliphatic heterocycles. The number of ether oxygens (including phenoxy) is 4. The molecular weight excluding hydrogens is 424 g/mol. The second-order valence-electron chi connectivity index (χ2n) is 7.69. The maximum atomic E-state index is 12.6. The van der Waals surface area contributed by atoms with Crippen LogP contribution in [0.1, 0.15) is 26.2 Å². The highest BCUT2D eigenvalue weighted by Crippen LogP contribution is 2.70. The van der Waals surface area contributed by atoms with Crippen LogP contribution in [0.5, 0.6) is 0 Å². The van der Waals surface area contributed by atoms with Gasteiger partial charge in [0, 0.05) is 23.8 Å². The highest BCUT2D eigenvalue weighted by atomic mass is 32.2. The molecule has 1 saturated heterocycles. The Kier molecular flexibility index (Phi) is 5.92. The van der Waals surface area contributed by atoms with Gasteiger partial charge in [-0.25, -0.2) is 9.59 Å². The SMILES string of the molecule is C=CC(=O)OCC(=O)OC1C2OS(=O)(=O)C3CC1(COC(C)=O)CC23CCOC=O. The van der Waals surface area contributed by atoms with E-state index in [1.165, 1.54) is 6.92 Å². The molecule has 1 heterocycles. The van der Waals surface area contributed by atoms with E-state index in [1.54, 1.807) is 0 Å². The first-order chi connectivity index (χ1) is 14.1. The smallest absolute Gasteiger partial charge is 0.344 e. The minimum atomic E-state index is -3.98. The van der Waals surface area contributed by atoms with Gasteiger partial charge in [-0.2, -0.15) is 8.42 Å². The summed E-state index contributed by atoms with van der Waals surface area (Å²) in [5, 5.41) is -0.908. The lowest BCUT2D eigenvalue weighted by molar-refractivity contribution is -0.175. The summed E-state index contributed by atoms with van der Waals surface area (Å²) in [7, 11) is -3.98. The molecule has 5 unspecified atom stereocenters. The van der Waals surface area contributed by atoms with Gasteiger partial charge in [-0.05, 0) is 19.3 Å². The summed E-state index contributed by atoms with van der Waals surface area (Å²) in [5.41, 5.74) is -1.96. The number of esters is 3. The van der Waals surface area contributed by atoms with Crippen molar-refractivity contribution in [3.8, 4) is 0 Å². The molecule has 11 nitrogen and oxygen atoms in total. The zero-order valence-corrected chi connectivity index (χ0v) is 17.1. The first-order valence-electron chi connectivity index (χ1n) is 9.20. The summed E-state index contributed by atoms with van der Waals surface area (Å²) in [6, 6.07) is 0. The van der Waals surface area contributed by atoms with Crippen LogP contribution in [0.25, 0.3) is 0 Å². The van der Waals surface area contributed by atoms with Crippen LogP contribution in [0.4, 0.5) is 0 Å². The van der Waals surface area contributed by atoms with E-state index in [0.717, 1.165) is 6.08 Å². The summed E-state index contributed by atoms with van der Waals surface area (Å²) >= 11 is 0. The maximum absolute atomic E-state index is 12.6. The minimum Gasteiger partial charge on any atom is -0.468 e. The topological polar surface area (TPSA) is 149 Å². The Balaban J connectivity index is 1.88. The molecule has 0 aromatic carbocycles. The summed E-state index contributed by atoms with van der Waals surface area (Å²) in [5.74, 6) is -2.30. The summed E-state index contributed by atoms with van der Waals surface area (Å²) in [6.45, 7) is 3.77. The van der Waals surface area contributed by atoms with E-state index >= 15 is 0 Å². The Labute approximate surface area is 172 Å². The molecule has 5 atom stereocenters. The zero-order chi connectivity index (χ0) is 22.2. The molecule has 3 aliphatic rings. The Morgan fingerprint density at radius 3 is 2.63 bits per heavy atom. The molecule has 2 saturated carbocycles. The standard InChI is InChI=1S/C18H22O11S/c1-3-13(21)26-7-14(22)28-15-16-18(4-5-25-10-19)8-17(15,9-27-11(2)20)6-12(18)30(23,24)29-16/h3,10,12,15-16H,1,4-9H2,2H3. The summed E-state index contributed by atoms with van der Waals surface area (Å²) in [4.78, 5) is 45.4. The van der Waals surface area contributed by atoms with Gasteiger partial charge in [0.1, 0.15) is 18.8 Å². The van der Waals surface area contributed by atoms with Crippen molar-refractivity contribution >= 4 is 34.5 Å². The van der Waals surface area contributed by atoms with Gasteiger partial charge in [0.2, 0.25) is 0 Å². The summed E-state index contributed by atoms with van der Waals surface area (Å²) in [6.07, 6.45) is -0.768. The van der Waals surface area contributed by atoms with Crippen molar-refractivity contribution in [1.82, 2.24) is 0 Å². The quantitative estimate of drug-likeness (QED) is 0.108. The number of hydrogen-bond acceptors (Lipinski definition) is 11. The van der Waals surface area contributed by atoms with E-state index in [9.17, 15) is 27.6 Å². The molecule has 2 aliphatic carbocycles. The van der Waals surface area contributed by atoms with Crippen molar-refractivity contribution in [1.29, 1.82) is 0 Å². The minimum absolute atomic E-state index is 0.0450. The zero-order valence-electron chi connectivity index (χ0n) is 16.2. The van der Waals surface area contributed by atoms with Gasteiger partial charge in [-0.15, -0.1) is 0 Å². The molecule has 0 amide bonds. The van der Waals surface area contributed by atoms with Gasteiger partial charge < -0.3 is 18.9 Å². The van der Waals surface area contributed by atoms with Gasteiger partial charge in [-0.3, -0.25) is 13.8 Å². The third-order valence-electron chi connectivity index (χ3n) is 6.02. The predicted octanol–water partition coefficient (Wildman–Crippen LogP) is -0.369. The highest BCUT2D eigenvalue weighted by Gasteiger charge is 2.79. The Morgan fingerprint density at radius 2 is 2.00 bits per heavy atom. The van der Waals surface area contributed by atoms with Crippen LogP contribution in [0.3, 0.4) is 0 Å². The average molecular weight is 446 g/mol. The van der Waals surface area contributed by atoms with Crippen LogP contribution in [0.2, 0.25) is 0 Å². The third kappa shape index (κ3) is 3.69. The lowest BCUT2D eigenvalue weighted by Gasteiger charge is -2.37. The fraction of sp³-hybridized carbons (Fsp3) is 0.667. The molecule has 0 N–H and O–H groups in total. The number of carbonyl (C=O) groups excluding carboxylic acids is 4. The number of carbonyl (C=O) groups is 4. The van der Waals surface area contributed by atoms with Gasteiger partial charge in [-0.1, -0.05) is 6.58 Å². The number of rotatable bonds is 10. The first kappa shape index (κ1) is 22.2. The van der Waals surface area contributed by atoms with E-state index in [4.69, 9.17) is 18.4 Å². The van der Waals surface area contributed by atoms with Gasteiger partial charge in [0.25, 0.3) is 16.6 Å². The predicted molar refractivity (Wildman–Crippen MR) is 96.0 cm³/mol. The van der Waals surface area contributed by atoms with Crippen molar-refractivity contribution in [3.05, 3.63) is 12.7 Å². The fourth-order valence-electron chi connectivity index (χ4n) is 4.96. The molecule has 3 fully saturated rings. The van der Waals surface area contributed by atoms with Crippen molar-refractivity contribution in [2.75, 3.05) is 19.8 Å². The maximum Gasteiger partial charge on any atom is 0.344 e. The number of fused-ring (bicyclic) bond motifs is 1. The van der Waals surface area contributed by atoms with E-state index in [0.29, 0.717) is 0 Å². The van der Waals surface area contributed by atoms with Gasteiger partial charge in [0.15, 0.2) is 6.61 Å². The fourth-order valence-corrected chi connectivity index (χ4v) is 7.12. The Morgan fingerprint density at radius 1 is 1.27 bits per heavy atom. The van der Waals surface area contributed by atoms with Crippen LogP contribution < -0.4 is 0 Å². The van der Waals surface area contributed by atoms with E-state index < -0.39 is 62.9 Å². The normalized spacial score (nSPS) is 34.8. The lowest BCUT2D eigenvalue weighted by Crippen LogP contribution is -2.50. The Hall–Kier alpha value is -2.47. The molecule has 3 rings (SSSR count). The molecule has 166 valence electrons. The molecule has 12 heteroatoms. The van der Waals surface area contributed by atoms with Crippen LogP contribution in [-0.4, -0.2) is 70.1 Å². The van der Waals surface area contributed by atoms with Crippen LogP contribution >= 0.6 is 0 Å². The molecule has 30 heavy (non-hydrogen) atoms. The molecule has 2 bridgehead atoms. The molecule has 0 aromatic heterocycles. The summed E-state index contributed by atoms with van der Waals surface area (Å²) < 4.78 is 50.7. The molecule has 0 spiro atoms. The van der Waals surface area contributed by atoms with Crippen LogP contribution in [0, 0.1) is 10.8 Å². The third-order valence-corrected chi connectivity index (χ3v) is 7.83. The average Bonchev–Trinajstić information content (AvgIpc) is 3.19. The lowest BCUT2D eigenvalue weighted by atomic mass is 9.76. The largest absolute Gasteiger partial charge is 0.468 e. The second kappa shape index (κ2) is 7.99. The molecule has 0 aromatic rings. The van der Waals surface area contributed by atoms with E-state index in [2.05, 4.69) is 11.3 Å². The molecule has 0 radical (unpaired) electrons. The highest BCUT2D eigenvalue weighted by molar-refractivity contribution is 7.87. The second-order valence-corrected chi connectivity index (χ2v) is 9.44. The number of hydrogen-bond donors (Lipinski definition) is 0. The monoisotopic (exact) mass is 446 g/mol. The van der Waals surface area contributed by atoms with Crippen molar-refractivity contribution < 1.29 is 50.7 Å². The van der Waals surface area contributed by atoms with Crippen LogP contribution in [-0.2, 0) is 52.4 Å². The van der Waals surface area contributed by atoms with Crippen molar-refractivity contribution in [2.45, 2.75) is 43.6 Å². The van der Waals surface area contributed by atoms with Crippen molar-refractivity contribution in [3.63, 3.8) is 0 Å². The van der Waals surface area contributed by atoms with E-state index in [-0.39, 0.29) is 38.9 Å². The van der Waals surface area contributed by atoms with Crippen LogP contribution in [0.15, 0.2) is 12.7 Å². The molecular formula is C18H22O11S. The first-order valence-corrected chi connectivity index (χ1v) is 10.7. The van der Waals surface area contributed by atoms with Gasteiger partial charge in [0.05, 0.1) is 11.9 Å². The van der Waals surface area contributed by atoms with E-state index in [1.807, 2.05) is 0 Å². The Bertz CT molecular complexity index is 865. The van der Waals surface area contributed by atoms with Gasteiger partial charge >= 0.3 is 17.9 Å². The van der Waals surface area contributed by atoms with Crippen molar-refractivity contribution in [2.24, 2.45) is 10.8 Å².